The highest BCUT2D eigenvalue weighted by molar-refractivity contribution is 7.89. The van der Waals surface area contributed by atoms with Gasteiger partial charge in [0, 0.05) is 0 Å². The second kappa shape index (κ2) is 7.57. The van der Waals surface area contributed by atoms with Crippen LogP contribution in [0.5, 0.6) is 0 Å². The minimum atomic E-state index is -3.96. The second-order valence-corrected chi connectivity index (χ2v) is 7.49. The molecule has 1 fully saturated rings. The van der Waals surface area contributed by atoms with Crippen LogP contribution in [0.2, 0.25) is 0 Å². The number of carbonyl (C=O) groups is 2. The molecule has 0 bridgehead atoms. The number of nitriles is 1. The summed E-state index contributed by atoms with van der Waals surface area (Å²) in [6.45, 7) is -0.556. The first-order valence-electron chi connectivity index (χ1n) is 7.95. The van der Waals surface area contributed by atoms with Gasteiger partial charge in [-0.2, -0.15) is 5.26 Å². The first-order chi connectivity index (χ1) is 12.9. The molecule has 1 saturated heterocycles. The molecule has 1 N–H and O–H groups in total. The summed E-state index contributed by atoms with van der Waals surface area (Å²) in [5, 5.41) is 8.84. The largest absolute Gasteiger partial charge is 0.439 e. The summed E-state index contributed by atoms with van der Waals surface area (Å²) in [4.78, 5) is 24.4. The molecule has 2 aromatic carbocycles. The summed E-state index contributed by atoms with van der Waals surface area (Å²) in [6, 6.07) is 15.1. The van der Waals surface area contributed by atoms with Crippen LogP contribution in [0.1, 0.15) is 17.2 Å². The van der Waals surface area contributed by atoms with Gasteiger partial charge >= 0.3 is 6.09 Å². The van der Waals surface area contributed by atoms with Gasteiger partial charge in [0.2, 0.25) is 10.0 Å². The van der Waals surface area contributed by atoms with Crippen molar-refractivity contribution in [1.82, 2.24) is 9.62 Å². The van der Waals surface area contributed by atoms with Crippen LogP contribution in [0.4, 0.5) is 4.79 Å². The van der Waals surface area contributed by atoms with E-state index in [9.17, 15) is 18.0 Å². The fourth-order valence-electron chi connectivity index (χ4n) is 2.60. The Balaban J connectivity index is 1.89. The quantitative estimate of drug-likeness (QED) is 0.806. The number of carbonyl (C=O) groups excluding carboxylic acids is 2. The number of rotatable bonds is 6. The first kappa shape index (κ1) is 18.6. The van der Waals surface area contributed by atoms with Crippen LogP contribution in [-0.2, 0) is 19.6 Å². The van der Waals surface area contributed by atoms with Gasteiger partial charge < -0.3 is 4.74 Å². The van der Waals surface area contributed by atoms with Gasteiger partial charge in [-0.3, -0.25) is 4.79 Å². The summed E-state index contributed by atoms with van der Waals surface area (Å²) < 4.78 is 32.7. The summed E-state index contributed by atoms with van der Waals surface area (Å²) >= 11 is 0. The Morgan fingerprint density at radius 1 is 1.11 bits per heavy atom. The van der Waals surface area contributed by atoms with E-state index in [1.807, 2.05) is 6.07 Å². The van der Waals surface area contributed by atoms with E-state index in [0.29, 0.717) is 11.1 Å². The maximum Gasteiger partial charge on any atom is 0.417 e. The average molecular weight is 385 g/mol. The van der Waals surface area contributed by atoms with Crippen molar-refractivity contribution in [3.8, 4) is 6.07 Å². The molecule has 9 heteroatoms. The number of amides is 2. The predicted molar refractivity (Wildman–Crippen MR) is 93.7 cm³/mol. The van der Waals surface area contributed by atoms with Crippen LogP contribution in [0.25, 0.3) is 0 Å². The molecule has 1 aliphatic rings. The molecule has 8 nitrogen and oxygen atoms in total. The molecule has 3 rings (SSSR count). The van der Waals surface area contributed by atoms with Gasteiger partial charge in [0.05, 0.1) is 29.1 Å². The molecule has 0 aliphatic carbocycles. The Kier molecular flexibility index (Phi) is 5.21. The number of nitrogens with zero attached hydrogens (tertiary/aromatic N) is 2. The fourth-order valence-corrected chi connectivity index (χ4v) is 3.82. The van der Waals surface area contributed by atoms with E-state index in [2.05, 4.69) is 9.46 Å². The molecular weight excluding hydrogens is 370 g/mol. The molecule has 138 valence electrons. The molecule has 0 radical (unpaired) electrons. The van der Waals surface area contributed by atoms with Crippen LogP contribution < -0.4 is 4.72 Å². The van der Waals surface area contributed by atoms with Gasteiger partial charge in [0.25, 0.3) is 5.91 Å². The second-order valence-electron chi connectivity index (χ2n) is 5.78. The molecule has 0 saturated carbocycles. The van der Waals surface area contributed by atoms with Gasteiger partial charge in [0.1, 0.15) is 0 Å². The lowest BCUT2D eigenvalue weighted by Crippen LogP contribution is -2.40. The summed E-state index contributed by atoms with van der Waals surface area (Å²) in [6.07, 6.45) is -0.807. The number of hydrogen-bond acceptors (Lipinski definition) is 6. The standard InChI is InChI=1S/C18H15N3O5S/c19-10-13-6-8-15(9-7-13)27(24,25)20-16(14-4-2-1-3-5-14)11-21-17(22)12-26-18(21)23/h1-9,16,20H,11-12H2. The monoisotopic (exact) mass is 385 g/mol. The third-order valence-corrected chi connectivity index (χ3v) is 5.49. The van der Waals surface area contributed by atoms with Crippen molar-refractivity contribution in [3.63, 3.8) is 0 Å². The normalized spacial score (nSPS) is 15.3. The average Bonchev–Trinajstić information content (AvgIpc) is 3.00. The number of imide groups is 1. The van der Waals surface area contributed by atoms with E-state index >= 15 is 0 Å². The van der Waals surface area contributed by atoms with E-state index in [1.54, 1.807) is 30.3 Å². The fraction of sp³-hybridized carbons (Fsp3) is 0.167. The van der Waals surface area contributed by atoms with Crippen LogP contribution in [0.3, 0.4) is 0 Å². The molecule has 0 spiro atoms. The minimum absolute atomic E-state index is 0.0299. The highest BCUT2D eigenvalue weighted by atomic mass is 32.2. The Morgan fingerprint density at radius 3 is 2.33 bits per heavy atom. The number of ether oxygens (including phenoxy) is 1. The lowest BCUT2D eigenvalue weighted by atomic mass is 10.1. The molecule has 0 aromatic heterocycles. The van der Waals surface area contributed by atoms with Crippen molar-refractivity contribution in [3.05, 3.63) is 65.7 Å². The van der Waals surface area contributed by atoms with Gasteiger partial charge in [-0.1, -0.05) is 30.3 Å². The van der Waals surface area contributed by atoms with Crippen molar-refractivity contribution in [2.75, 3.05) is 13.2 Å². The summed E-state index contributed by atoms with van der Waals surface area (Å²) in [5.41, 5.74) is 0.918. The van der Waals surface area contributed by atoms with Crippen LogP contribution in [0.15, 0.2) is 59.5 Å². The maximum absolute atomic E-state index is 12.7. The molecule has 1 atom stereocenters. The Morgan fingerprint density at radius 2 is 1.78 bits per heavy atom. The van der Waals surface area contributed by atoms with Crippen molar-refractivity contribution < 1.29 is 22.7 Å². The zero-order chi connectivity index (χ0) is 19.4. The lowest BCUT2D eigenvalue weighted by molar-refractivity contribution is -0.126. The van der Waals surface area contributed by atoms with Gasteiger partial charge in [0.15, 0.2) is 6.61 Å². The SMILES string of the molecule is N#Cc1ccc(S(=O)(=O)NC(CN2C(=O)COC2=O)c2ccccc2)cc1. The summed E-state index contributed by atoms with van der Waals surface area (Å²) in [7, 11) is -3.96. The van der Waals surface area contributed by atoms with E-state index in [4.69, 9.17) is 5.26 Å². The molecule has 1 unspecified atom stereocenters. The number of benzene rings is 2. The molecule has 1 aliphatic heterocycles. The van der Waals surface area contributed by atoms with Crippen molar-refractivity contribution in [2.24, 2.45) is 0 Å². The van der Waals surface area contributed by atoms with Crippen LogP contribution >= 0.6 is 0 Å². The Hall–Kier alpha value is -3.22. The predicted octanol–water partition coefficient (Wildman–Crippen LogP) is 1.56. The topological polar surface area (TPSA) is 117 Å². The van der Waals surface area contributed by atoms with Crippen molar-refractivity contribution >= 4 is 22.0 Å². The summed E-state index contributed by atoms with van der Waals surface area (Å²) in [5.74, 6) is -0.529. The smallest absolute Gasteiger partial charge is 0.417 e. The Labute approximate surface area is 156 Å². The molecule has 27 heavy (non-hydrogen) atoms. The highest BCUT2D eigenvalue weighted by Gasteiger charge is 2.34. The van der Waals surface area contributed by atoms with Crippen LogP contribution in [-0.4, -0.2) is 38.5 Å². The zero-order valence-corrected chi connectivity index (χ0v) is 14.8. The molecular formula is C18H15N3O5S. The van der Waals surface area contributed by atoms with Gasteiger partial charge in [-0.15, -0.1) is 0 Å². The number of sulfonamides is 1. The van der Waals surface area contributed by atoms with Crippen molar-refractivity contribution in [1.29, 1.82) is 5.26 Å². The van der Waals surface area contributed by atoms with Gasteiger partial charge in [-0.05, 0) is 29.8 Å². The van der Waals surface area contributed by atoms with Crippen molar-refractivity contribution in [2.45, 2.75) is 10.9 Å². The third kappa shape index (κ3) is 4.13. The van der Waals surface area contributed by atoms with E-state index in [1.165, 1.54) is 24.3 Å². The molecule has 2 aromatic rings. The molecule has 1 heterocycles. The van der Waals surface area contributed by atoms with E-state index in [0.717, 1.165) is 4.90 Å². The van der Waals surface area contributed by atoms with Gasteiger partial charge in [-0.25, -0.2) is 22.8 Å². The number of hydrogen-bond donors (Lipinski definition) is 1. The zero-order valence-electron chi connectivity index (χ0n) is 14.0. The van der Waals surface area contributed by atoms with E-state index < -0.39 is 28.1 Å². The lowest BCUT2D eigenvalue weighted by Gasteiger charge is -2.22. The third-order valence-electron chi connectivity index (χ3n) is 4.00. The number of nitrogens with one attached hydrogen (secondary N) is 1. The highest BCUT2D eigenvalue weighted by Crippen LogP contribution is 2.21. The first-order valence-corrected chi connectivity index (χ1v) is 9.43. The minimum Gasteiger partial charge on any atom is -0.439 e. The molecule has 2 amide bonds. The Bertz CT molecular complexity index is 982. The van der Waals surface area contributed by atoms with Crippen LogP contribution in [0, 0.1) is 11.3 Å². The van der Waals surface area contributed by atoms with E-state index in [-0.39, 0.29) is 18.0 Å². The maximum atomic E-state index is 12.7. The number of cyclic esters (lactones) is 1.